The fraction of sp³-hybridized carbons (Fsp3) is 0. The van der Waals surface area contributed by atoms with Crippen molar-refractivity contribution >= 4 is 23.5 Å². The van der Waals surface area contributed by atoms with Gasteiger partial charge in [0.25, 0.3) is 0 Å². The van der Waals surface area contributed by atoms with E-state index in [2.05, 4.69) is 0 Å². The molecular weight excluding hydrogens is 270 g/mol. The number of ketones is 1. The molecule has 0 unspecified atom stereocenters. The van der Waals surface area contributed by atoms with Crippen molar-refractivity contribution in [1.29, 1.82) is 0 Å². The lowest BCUT2D eigenvalue weighted by molar-refractivity contribution is 0.104. The molecule has 0 saturated heterocycles. The van der Waals surface area contributed by atoms with Crippen molar-refractivity contribution in [3.05, 3.63) is 76.3 Å². The van der Waals surface area contributed by atoms with Crippen molar-refractivity contribution in [3.63, 3.8) is 0 Å². The Labute approximate surface area is 114 Å². The van der Waals surface area contributed by atoms with Crippen molar-refractivity contribution in [2.24, 2.45) is 0 Å². The quantitative estimate of drug-likeness (QED) is 0.596. The molecule has 4 heteroatoms. The molecule has 0 bridgehead atoms. The number of hydrogen-bond acceptors (Lipinski definition) is 1. The van der Waals surface area contributed by atoms with Crippen LogP contribution in [0.25, 0.3) is 6.08 Å². The van der Waals surface area contributed by atoms with Gasteiger partial charge >= 0.3 is 0 Å². The van der Waals surface area contributed by atoms with Crippen LogP contribution >= 0.6 is 11.6 Å². The van der Waals surface area contributed by atoms with Crippen LogP contribution < -0.4 is 0 Å². The third kappa shape index (κ3) is 3.48. The Morgan fingerprint density at radius 3 is 2.58 bits per heavy atom. The minimum Gasteiger partial charge on any atom is -0.289 e. The van der Waals surface area contributed by atoms with Crippen LogP contribution in [0.1, 0.15) is 15.9 Å². The summed E-state index contributed by atoms with van der Waals surface area (Å²) in [7, 11) is 0. The van der Waals surface area contributed by atoms with Crippen LogP contribution in [0.5, 0.6) is 0 Å². The molecule has 0 atom stereocenters. The van der Waals surface area contributed by atoms with E-state index in [1.165, 1.54) is 24.3 Å². The van der Waals surface area contributed by atoms with E-state index in [0.717, 1.165) is 12.1 Å². The Balaban J connectivity index is 2.21. The number of benzene rings is 2. The highest BCUT2D eigenvalue weighted by Gasteiger charge is 2.04. The molecule has 2 aromatic rings. The molecule has 96 valence electrons. The maximum absolute atomic E-state index is 13.3. The normalized spacial score (nSPS) is 10.9. The predicted molar refractivity (Wildman–Crippen MR) is 71.2 cm³/mol. The summed E-state index contributed by atoms with van der Waals surface area (Å²) in [6.07, 6.45) is 2.53. The van der Waals surface area contributed by atoms with Gasteiger partial charge in [-0.1, -0.05) is 23.7 Å². The zero-order valence-corrected chi connectivity index (χ0v) is 10.5. The summed E-state index contributed by atoms with van der Waals surface area (Å²) in [6, 6.07) is 9.61. The van der Waals surface area contributed by atoms with E-state index in [9.17, 15) is 13.6 Å². The third-order valence-electron chi connectivity index (χ3n) is 2.49. The predicted octanol–water partition coefficient (Wildman–Crippen LogP) is 4.51. The first-order chi connectivity index (χ1) is 9.06. The Kier molecular flexibility index (Phi) is 4.07. The minimum atomic E-state index is -0.713. The van der Waals surface area contributed by atoms with Gasteiger partial charge in [0.05, 0.1) is 0 Å². The topological polar surface area (TPSA) is 17.1 Å². The summed E-state index contributed by atoms with van der Waals surface area (Å²) in [5.41, 5.74) is 0.558. The van der Waals surface area contributed by atoms with Gasteiger partial charge in [0.2, 0.25) is 0 Å². The molecule has 0 fully saturated rings. The monoisotopic (exact) mass is 278 g/mol. The fourth-order valence-electron chi connectivity index (χ4n) is 1.54. The van der Waals surface area contributed by atoms with Gasteiger partial charge in [-0.25, -0.2) is 8.78 Å². The molecule has 0 spiro atoms. The second kappa shape index (κ2) is 5.76. The highest BCUT2D eigenvalue weighted by atomic mass is 35.5. The van der Waals surface area contributed by atoms with Gasteiger partial charge in [0.15, 0.2) is 5.78 Å². The standard InChI is InChI=1S/C15H9ClF2O/c16-12-3-1-2-11(8-12)15(19)7-5-10-4-6-13(17)9-14(10)18/h1-9H/b7-5+. The molecule has 0 aliphatic carbocycles. The molecule has 19 heavy (non-hydrogen) atoms. The van der Waals surface area contributed by atoms with E-state index < -0.39 is 11.6 Å². The van der Waals surface area contributed by atoms with Gasteiger partial charge in [-0.3, -0.25) is 4.79 Å². The molecule has 2 aromatic carbocycles. The first-order valence-corrected chi connectivity index (χ1v) is 5.87. The first-order valence-electron chi connectivity index (χ1n) is 5.49. The second-order valence-corrected chi connectivity index (χ2v) is 4.31. The van der Waals surface area contributed by atoms with Crippen molar-refractivity contribution in [3.8, 4) is 0 Å². The summed E-state index contributed by atoms with van der Waals surface area (Å²) in [4.78, 5) is 11.8. The summed E-state index contributed by atoms with van der Waals surface area (Å²) in [5.74, 6) is -1.67. The molecule has 1 nitrogen and oxygen atoms in total. The average molecular weight is 279 g/mol. The van der Waals surface area contributed by atoms with Gasteiger partial charge < -0.3 is 0 Å². The van der Waals surface area contributed by atoms with Crippen LogP contribution in [-0.2, 0) is 0 Å². The van der Waals surface area contributed by atoms with Gasteiger partial charge in [-0.15, -0.1) is 0 Å². The van der Waals surface area contributed by atoms with E-state index in [1.807, 2.05) is 0 Å². The first kappa shape index (κ1) is 13.4. The van der Waals surface area contributed by atoms with E-state index in [4.69, 9.17) is 11.6 Å². The molecule has 0 radical (unpaired) electrons. The Bertz CT molecular complexity index is 650. The molecule has 0 aliphatic heterocycles. The summed E-state index contributed by atoms with van der Waals surface area (Å²) < 4.78 is 26.1. The fourth-order valence-corrected chi connectivity index (χ4v) is 1.73. The lowest BCUT2D eigenvalue weighted by atomic mass is 10.1. The van der Waals surface area contributed by atoms with Crippen LogP contribution in [0.4, 0.5) is 8.78 Å². The van der Waals surface area contributed by atoms with Crippen LogP contribution in [0.3, 0.4) is 0 Å². The molecular formula is C15H9ClF2O. The second-order valence-electron chi connectivity index (χ2n) is 3.87. The highest BCUT2D eigenvalue weighted by molar-refractivity contribution is 6.31. The number of allylic oxidation sites excluding steroid dienone is 1. The van der Waals surface area contributed by atoms with Gasteiger partial charge in [0.1, 0.15) is 11.6 Å². The van der Waals surface area contributed by atoms with Gasteiger partial charge in [-0.05, 0) is 36.4 Å². The number of halogens is 3. The lowest BCUT2D eigenvalue weighted by Crippen LogP contribution is -1.94. The number of rotatable bonds is 3. The van der Waals surface area contributed by atoms with E-state index in [1.54, 1.807) is 18.2 Å². The van der Waals surface area contributed by atoms with E-state index >= 15 is 0 Å². The van der Waals surface area contributed by atoms with Crippen LogP contribution in [-0.4, -0.2) is 5.78 Å². The van der Waals surface area contributed by atoms with Crippen molar-refractivity contribution in [1.82, 2.24) is 0 Å². The Hall–Kier alpha value is -2.00. The lowest BCUT2D eigenvalue weighted by Gasteiger charge is -1.98. The Morgan fingerprint density at radius 2 is 1.89 bits per heavy atom. The van der Waals surface area contributed by atoms with Crippen molar-refractivity contribution in [2.75, 3.05) is 0 Å². The molecule has 2 rings (SSSR count). The zero-order valence-electron chi connectivity index (χ0n) is 9.74. The van der Waals surface area contributed by atoms with Crippen LogP contribution in [0.15, 0.2) is 48.5 Å². The van der Waals surface area contributed by atoms with Crippen LogP contribution in [0.2, 0.25) is 5.02 Å². The minimum absolute atomic E-state index is 0.150. The smallest absolute Gasteiger partial charge is 0.185 e. The van der Waals surface area contributed by atoms with Gasteiger partial charge in [0, 0.05) is 22.2 Å². The summed E-state index contributed by atoms with van der Waals surface area (Å²) in [5, 5.41) is 0.451. The Morgan fingerprint density at radius 1 is 1.11 bits per heavy atom. The molecule has 0 heterocycles. The van der Waals surface area contributed by atoms with E-state index in [0.29, 0.717) is 10.6 Å². The van der Waals surface area contributed by atoms with Crippen molar-refractivity contribution < 1.29 is 13.6 Å². The average Bonchev–Trinajstić information content (AvgIpc) is 2.37. The number of carbonyl (C=O) groups is 1. The number of hydrogen-bond donors (Lipinski definition) is 0. The molecule has 0 saturated carbocycles. The number of carbonyl (C=O) groups excluding carboxylic acids is 1. The van der Waals surface area contributed by atoms with Crippen LogP contribution in [0, 0.1) is 11.6 Å². The molecule has 0 aliphatic rings. The largest absolute Gasteiger partial charge is 0.289 e. The maximum atomic E-state index is 13.3. The molecule has 0 amide bonds. The van der Waals surface area contributed by atoms with Crippen molar-refractivity contribution in [2.45, 2.75) is 0 Å². The van der Waals surface area contributed by atoms with Gasteiger partial charge in [-0.2, -0.15) is 0 Å². The summed E-state index contributed by atoms with van der Waals surface area (Å²) >= 11 is 5.77. The molecule has 0 N–H and O–H groups in total. The SMILES string of the molecule is O=C(/C=C/c1ccc(F)cc1F)c1cccc(Cl)c1. The third-order valence-corrected chi connectivity index (χ3v) is 2.72. The highest BCUT2D eigenvalue weighted by Crippen LogP contribution is 2.14. The van der Waals surface area contributed by atoms with E-state index in [-0.39, 0.29) is 11.3 Å². The summed E-state index contributed by atoms with van der Waals surface area (Å²) in [6.45, 7) is 0. The maximum Gasteiger partial charge on any atom is 0.185 e. The molecule has 0 aromatic heterocycles. The zero-order chi connectivity index (χ0) is 13.8.